The van der Waals surface area contributed by atoms with E-state index in [4.69, 9.17) is 14.7 Å². The van der Waals surface area contributed by atoms with E-state index in [1.54, 1.807) is 0 Å². The Hall–Kier alpha value is -2.14. The van der Waals surface area contributed by atoms with Crippen LogP contribution < -0.4 is 5.73 Å². The first-order valence-corrected chi connectivity index (χ1v) is 6.70. The van der Waals surface area contributed by atoms with Crippen molar-refractivity contribution >= 4 is 11.0 Å². The largest absolute Gasteiger partial charge is 0.453 e. The summed E-state index contributed by atoms with van der Waals surface area (Å²) in [5.74, 6) is 1.99. The first-order chi connectivity index (χ1) is 9.63. The molecule has 0 aliphatic rings. The SMILES string of the molecule is CC(C)C(N)Cc1nc(-c2cc3ccccc3o2)no1. The smallest absolute Gasteiger partial charge is 0.238 e. The van der Waals surface area contributed by atoms with Gasteiger partial charge in [-0.25, -0.2) is 0 Å². The third-order valence-corrected chi connectivity index (χ3v) is 3.38. The average molecular weight is 271 g/mol. The molecule has 0 spiro atoms. The second-order valence-corrected chi connectivity index (χ2v) is 5.27. The lowest BCUT2D eigenvalue weighted by Gasteiger charge is -2.11. The third-order valence-electron chi connectivity index (χ3n) is 3.38. The Balaban J connectivity index is 1.86. The van der Waals surface area contributed by atoms with E-state index >= 15 is 0 Å². The Morgan fingerprint density at radius 3 is 2.80 bits per heavy atom. The summed E-state index contributed by atoms with van der Waals surface area (Å²) < 4.78 is 10.9. The molecule has 1 atom stereocenters. The van der Waals surface area contributed by atoms with Crippen molar-refractivity contribution in [3.63, 3.8) is 0 Å². The van der Waals surface area contributed by atoms with Crippen molar-refractivity contribution in [1.82, 2.24) is 10.1 Å². The lowest BCUT2D eigenvalue weighted by molar-refractivity contribution is 0.352. The Bertz CT molecular complexity index is 682. The number of para-hydroxylation sites is 1. The summed E-state index contributed by atoms with van der Waals surface area (Å²) in [6.45, 7) is 4.14. The molecular formula is C15H17N3O2. The molecule has 1 unspecified atom stereocenters. The molecule has 0 amide bonds. The van der Waals surface area contributed by atoms with Gasteiger partial charge in [0.1, 0.15) is 5.58 Å². The highest BCUT2D eigenvalue weighted by molar-refractivity contribution is 5.81. The highest BCUT2D eigenvalue weighted by Crippen LogP contribution is 2.25. The predicted molar refractivity (Wildman–Crippen MR) is 76.0 cm³/mol. The van der Waals surface area contributed by atoms with Gasteiger partial charge in [0.2, 0.25) is 11.7 Å². The summed E-state index contributed by atoms with van der Waals surface area (Å²) in [5.41, 5.74) is 6.82. The third kappa shape index (κ3) is 2.44. The number of benzene rings is 1. The first kappa shape index (κ1) is 12.9. The number of hydrogen-bond acceptors (Lipinski definition) is 5. The van der Waals surface area contributed by atoms with Crippen molar-refractivity contribution in [2.24, 2.45) is 11.7 Å². The molecule has 0 bridgehead atoms. The normalized spacial score (nSPS) is 13.2. The zero-order valence-corrected chi connectivity index (χ0v) is 11.5. The molecule has 3 aromatic rings. The summed E-state index contributed by atoms with van der Waals surface area (Å²) in [4.78, 5) is 4.35. The van der Waals surface area contributed by atoms with E-state index in [0.29, 0.717) is 29.8 Å². The van der Waals surface area contributed by atoms with Gasteiger partial charge in [0, 0.05) is 17.8 Å². The van der Waals surface area contributed by atoms with Crippen molar-refractivity contribution in [3.05, 3.63) is 36.2 Å². The molecule has 3 rings (SSSR count). The van der Waals surface area contributed by atoms with Crippen molar-refractivity contribution in [2.45, 2.75) is 26.3 Å². The van der Waals surface area contributed by atoms with Crippen molar-refractivity contribution in [3.8, 4) is 11.6 Å². The second kappa shape index (κ2) is 5.09. The molecule has 0 saturated heterocycles. The van der Waals surface area contributed by atoms with Crippen LogP contribution in [-0.4, -0.2) is 16.2 Å². The van der Waals surface area contributed by atoms with Gasteiger partial charge in [0.15, 0.2) is 5.76 Å². The summed E-state index contributed by atoms with van der Waals surface area (Å²) in [7, 11) is 0. The van der Waals surface area contributed by atoms with Gasteiger partial charge in [-0.2, -0.15) is 4.98 Å². The zero-order valence-electron chi connectivity index (χ0n) is 11.5. The van der Waals surface area contributed by atoms with Crippen LogP contribution in [-0.2, 0) is 6.42 Å². The second-order valence-electron chi connectivity index (χ2n) is 5.27. The van der Waals surface area contributed by atoms with E-state index in [1.807, 2.05) is 30.3 Å². The topological polar surface area (TPSA) is 78.1 Å². The van der Waals surface area contributed by atoms with Crippen molar-refractivity contribution in [1.29, 1.82) is 0 Å². The van der Waals surface area contributed by atoms with Gasteiger partial charge in [-0.15, -0.1) is 0 Å². The minimum Gasteiger partial charge on any atom is -0.453 e. The van der Waals surface area contributed by atoms with Gasteiger partial charge < -0.3 is 14.7 Å². The predicted octanol–water partition coefficient (Wildman–Crippen LogP) is 3.01. The molecule has 5 heteroatoms. The maximum absolute atomic E-state index is 6.01. The molecular weight excluding hydrogens is 254 g/mol. The molecule has 2 heterocycles. The van der Waals surface area contributed by atoms with Crippen LogP contribution in [0.2, 0.25) is 0 Å². The molecule has 2 aromatic heterocycles. The van der Waals surface area contributed by atoms with Crippen LogP contribution >= 0.6 is 0 Å². The minimum absolute atomic E-state index is 0.0129. The quantitative estimate of drug-likeness (QED) is 0.789. The van der Waals surface area contributed by atoms with Gasteiger partial charge in [-0.1, -0.05) is 37.2 Å². The Labute approximate surface area is 116 Å². The molecule has 0 fully saturated rings. The Morgan fingerprint density at radius 1 is 1.25 bits per heavy atom. The maximum Gasteiger partial charge on any atom is 0.238 e. The van der Waals surface area contributed by atoms with E-state index in [1.165, 1.54) is 0 Å². The lowest BCUT2D eigenvalue weighted by atomic mass is 10.0. The van der Waals surface area contributed by atoms with Gasteiger partial charge in [0.25, 0.3) is 0 Å². The number of hydrogen-bond donors (Lipinski definition) is 1. The minimum atomic E-state index is 0.0129. The van der Waals surface area contributed by atoms with E-state index in [9.17, 15) is 0 Å². The zero-order chi connectivity index (χ0) is 14.1. The maximum atomic E-state index is 6.01. The van der Waals surface area contributed by atoms with E-state index < -0.39 is 0 Å². The summed E-state index contributed by atoms with van der Waals surface area (Å²) >= 11 is 0. The van der Waals surface area contributed by atoms with Gasteiger partial charge in [-0.3, -0.25) is 0 Å². The first-order valence-electron chi connectivity index (χ1n) is 6.70. The molecule has 0 saturated carbocycles. The summed E-state index contributed by atoms with van der Waals surface area (Å²) in [5, 5.41) is 4.98. The number of furan rings is 1. The fourth-order valence-corrected chi connectivity index (χ4v) is 1.97. The Kier molecular flexibility index (Phi) is 3.28. The van der Waals surface area contributed by atoms with Crippen molar-refractivity contribution < 1.29 is 8.94 Å². The molecule has 1 aromatic carbocycles. The van der Waals surface area contributed by atoms with E-state index in [-0.39, 0.29) is 6.04 Å². The number of aromatic nitrogens is 2. The Morgan fingerprint density at radius 2 is 2.05 bits per heavy atom. The molecule has 0 aliphatic heterocycles. The monoisotopic (exact) mass is 271 g/mol. The van der Waals surface area contributed by atoms with Gasteiger partial charge >= 0.3 is 0 Å². The summed E-state index contributed by atoms with van der Waals surface area (Å²) in [6.07, 6.45) is 0.574. The van der Waals surface area contributed by atoms with Crippen LogP contribution in [0, 0.1) is 5.92 Å². The van der Waals surface area contributed by atoms with Crippen LogP contribution in [0.15, 0.2) is 39.3 Å². The van der Waals surface area contributed by atoms with Crippen LogP contribution in [0.5, 0.6) is 0 Å². The average Bonchev–Trinajstić information content (AvgIpc) is 3.03. The highest BCUT2D eigenvalue weighted by atomic mass is 16.5. The number of nitrogens with two attached hydrogens (primary N) is 1. The summed E-state index contributed by atoms with van der Waals surface area (Å²) in [6, 6.07) is 9.71. The van der Waals surface area contributed by atoms with Crippen LogP contribution in [0.3, 0.4) is 0 Å². The van der Waals surface area contributed by atoms with Gasteiger partial charge in [-0.05, 0) is 18.1 Å². The van der Waals surface area contributed by atoms with Crippen LogP contribution in [0.25, 0.3) is 22.6 Å². The standard InChI is InChI=1S/C15H17N3O2/c1-9(2)11(16)8-14-17-15(18-20-14)13-7-10-5-3-4-6-12(10)19-13/h3-7,9,11H,8,16H2,1-2H3. The highest BCUT2D eigenvalue weighted by Gasteiger charge is 2.16. The van der Waals surface area contributed by atoms with Crippen LogP contribution in [0.1, 0.15) is 19.7 Å². The van der Waals surface area contributed by atoms with Gasteiger partial charge in [0.05, 0.1) is 0 Å². The van der Waals surface area contributed by atoms with E-state index in [0.717, 1.165) is 11.0 Å². The molecule has 104 valence electrons. The van der Waals surface area contributed by atoms with Crippen LogP contribution in [0.4, 0.5) is 0 Å². The molecule has 20 heavy (non-hydrogen) atoms. The van der Waals surface area contributed by atoms with E-state index in [2.05, 4.69) is 24.0 Å². The fourth-order valence-electron chi connectivity index (χ4n) is 1.97. The number of nitrogens with zero attached hydrogens (tertiary/aromatic N) is 2. The number of rotatable bonds is 4. The molecule has 0 radical (unpaired) electrons. The number of fused-ring (bicyclic) bond motifs is 1. The molecule has 2 N–H and O–H groups in total. The fraction of sp³-hybridized carbons (Fsp3) is 0.333. The molecule has 0 aliphatic carbocycles. The van der Waals surface area contributed by atoms with Crippen molar-refractivity contribution in [2.75, 3.05) is 0 Å². The lowest BCUT2D eigenvalue weighted by Crippen LogP contribution is -2.28. The molecule has 5 nitrogen and oxygen atoms in total.